The van der Waals surface area contributed by atoms with Crippen LogP contribution in [0.5, 0.6) is 0 Å². The molecule has 0 heterocycles. The zero-order chi connectivity index (χ0) is 9.78. The molecule has 0 unspecified atom stereocenters. The zero-order valence-electron chi connectivity index (χ0n) is 6.38. The Morgan fingerprint density at radius 3 is 2.42 bits per heavy atom. The van der Waals surface area contributed by atoms with Crippen LogP contribution in [0.3, 0.4) is 0 Å². The Balaban J connectivity index is 3.58. The Morgan fingerprint density at radius 1 is 1.58 bits per heavy atom. The second-order valence-electron chi connectivity index (χ2n) is 1.99. The van der Waals surface area contributed by atoms with Crippen molar-refractivity contribution >= 4 is 13.7 Å². The maximum atomic E-state index is 10.6. The molecule has 0 aromatic carbocycles. The average molecular weight is 199 g/mol. The Bertz CT molecular complexity index is 198. The molecular weight excluding hydrogens is 189 g/mol. The fourth-order valence-electron chi connectivity index (χ4n) is 0.414. The molecule has 0 atom stereocenters. The number of nitrogens with zero attached hydrogens (tertiary/aromatic N) is 1. The van der Waals surface area contributed by atoms with Crippen LogP contribution in [-0.4, -0.2) is 39.6 Å². The number of hydroxylamine groups is 2. The molecule has 0 aliphatic carbocycles. The van der Waals surface area contributed by atoms with Crippen molar-refractivity contribution < 1.29 is 28.9 Å². The summed E-state index contributed by atoms with van der Waals surface area (Å²) in [4.78, 5) is 26.9. The summed E-state index contributed by atoms with van der Waals surface area (Å²) in [5, 5.41) is 8.81. The van der Waals surface area contributed by atoms with Gasteiger partial charge in [0, 0.05) is 7.05 Å². The summed E-state index contributed by atoms with van der Waals surface area (Å²) in [6.07, 6.45) is -0.280. The highest BCUT2D eigenvalue weighted by Gasteiger charge is 2.15. The van der Waals surface area contributed by atoms with Crippen LogP contribution in [0, 0.1) is 0 Å². The highest BCUT2D eigenvalue weighted by molar-refractivity contribution is 7.46. The monoisotopic (exact) mass is 199 g/mol. The molecule has 0 aromatic heterocycles. The fourth-order valence-corrected chi connectivity index (χ4v) is 0.743. The van der Waals surface area contributed by atoms with Crippen molar-refractivity contribution in [3.05, 3.63) is 0 Å². The summed E-state index contributed by atoms with van der Waals surface area (Å²) in [5.74, 6) is -0.677. The molecule has 72 valence electrons. The normalized spacial score (nSPS) is 11.3. The SMILES string of the molecule is CN(O)C(=O)CCOP(=O)(O)O. The van der Waals surface area contributed by atoms with Gasteiger partial charge in [0.05, 0.1) is 13.0 Å². The molecule has 0 saturated carbocycles. The van der Waals surface area contributed by atoms with Crippen LogP contribution in [0.1, 0.15) is 6.42 Å². The number of carbonyl (C=O) groups excluding carboxylic acids is 1. The van der Waals surface area contributed by atoms with Gasteiger partial charge in [-0.15, -0.1) is 0 Å². The first kappa shape index (κ1) is 11.5. The Labute approximate surface area is 68.8 Å². The lowest BCUT2D eigenvalue weighted by molar-refractivity contribution is -0.159. The molecule has 3 N–H and O–H groups in total. The summed E-state index contributed by atoms with van der Waals surface area (Å²) in [7, 11) is -3.39. The zero-order valence-corrected chi connectivity index (χ0v) is 7.27. The van der Waals surface area contributed by atoms with E-state index in [9.17, 15) is 9.36 Å². The van der Waals surface area contributed by atoms with Crippen LogP contribution in [0.25, 0.3) is 0 Å². The molecule has 0 bridgehead atoms. The lowest BCUT2D eigenvalue weighted by Gasteiger charge is -2.08. The van der Waals surface area contributed by atoms with Gasteiger partial charge in [0.15, 0.2) is 0 Å². The topological polar surface area (TPSA) is 107 Å². The third-order valence-corrected chi connectivity index (χ3v) is 1.46. The third-order valence-electron chi connectivity index (χ3n) is 0.936. The van der Waals surface area contributed by atoms with Crippen LogP contribution in [0.15, 0.2) is 0 Å². The van der Waals surface area contributed by atoms with Gasteiger partial charge >= 0.3 is 7.82 Å². The number of phosphoric ester groups is 1. The van der Waals surface area contributed by atoms with Crippen molar-refractivity contribution in [2.24, 2.45) is 0 Å². The van der Waals surface area contributed by atoms with Crippen LogP contribution in [-0.2, 0) is 13.9 Å². The molecule has 8 heteroatoms. The lowest BCUT2D eigenvalue weighted by Crippen LogP contribution is -2.23. The van der Waals surface area contributed by atoms with Gasteiger partial charge in [-0.3, -0.25) is 14.5 Å². The van der Waals surface area contributed by atoms with Gasteiger partial charge < -0.3 is 9.79 Å². The van der Waals surface area contributed by atoms with E-state index in [-0.39, 0.29) is 6.42 Å². The average Bonchev–Trinajstić information content (AvgIpc) is 1.84. The minimum atomic E-state index is -4.50. The summed E-state index contributed by atoms with van der Waals surface area (Å²) >= 11 is 0. The molecule has 0 rings (SSSR count). The van der Waals surface area contributed by atoms with Gasteiger partial charge in [0.2, 0.25) is 5.91 Å². The van der Waals surface area contributed by atoms with Crippen molar-refractivity contribution in [3.8, 4) is 0 Å². The minimum absolute atomic E-state index is 0.280. The van der Waals surface area contributed by atoms with Crippen LogP contribution in [0.2, 0.25) is 0 Å². The van der Waals surface area contributed by atoms with E-state index in [1.54, 1.807) is 0 Å². The number of amides is 1. The summed E-state index contributed by atoms with van der Waals surface area (Å²) in [6.45, 7) is -0.423. The van der Waals surface area contributed by atoms with Crippen LogP contribution in [0.4, 0.5) is 0 Å². The number of hydrogen-bond donors (Lipinski definition) is 3. The number of carbonyl (C=O) groups is 1. The predicted octanol–water partition coefficient (Wildman–Crippen LogP) is -0.667. The van der Waals surface area contributed by atoms with Gasteiger partial charge in [-0.05, 0) is 0 Å². The van der Waals surface area contributed by atoms with E-state index in [1.807, 2.05) is 0 Å². The van der Waals surface area contributed by atoms with Gasteiger partial charge in [0.25, 0.3) is 0 Å². The van der Waals surface area contributed by atoms with E-state index < -0.39 is 20.3 Å². The first-order valence-electron chi connectivity index (χ1n) is 2.98. The number of hydrogen-bond acceptors (Lipinski definition) is 4. The molecule has 12 heavy (non-hydrogen) atoms. The molecule has 0 aliphatic heterocycles. The lowest BCUT2D eigenvalue weighted by atomic mass is 10.4. The van der Waals surface area contributed by atoms with E-state index in [0.717, 1.165) is 7.05 Å². The summed E-state index contributed by atoms with van der Waals surface area (Å²) in [5.41, 5.74) is 0. The van der Waals surface area contributed by atoms with Crippen molar-refractivity contribution in [2.75, 3.05) is 13.7 Å². The van der Waals surface area contributed by atoms with Crippen molar-refractivity contribution in [2.45, 2.75) is 6.42 Å². The van der Waals surface area contributed by atoms with Gasteiger partial charge in [0.1, 0.15) is 0 Å². The third kappa shape index (κ3) is 6.26. The first-order chi connectivity index (χ1) is 5.33. The summed E-state index contributed by atoms with van der Waals surface area (Å²) < 4.78 is 14.0. The van der Waals surface area contributed by atoms with E-state index in [0.29, 0.717) is 5.06 Å². The highest BCUT2D eigenvalue weighted by Crippen LogP contribution is 2.35. The molecule has 7 nitrogen and oxygen atoms in total. The van der Waals surface area contributed by atoms with Gasteiger partial charge in [-0.1, -0.05) is 0 Å². The second kappa shape index (κ2) is 4.54. The number of phosphoric acid groups is 1. The minimum Gasteiger partial charge on any atom is -0.303 e. The van der Waals surface area contributed by atoms with Gasteiger partial charge in [-0.25, -0.2) is 9.63 Å². The standard InChI is InChI=1S/C4H10NO6P/c1-5(7)4(6)2-3-11-12(8,9)10/h7H,2-3H2,1H3,(H2,8,9,10). The molecule has 0 saturated heterocycles. The largest absolute Gasteiger partial charge is 0.469 e. The Kier molecular flexibility index (Phi) is 4.36. The predicted molar refractivity (Wildman–Crippen MR) is 37.2 cm³/mol. The highest BCUT2D eigenvalue weighted by atomic mass is 31.2. The van der Waals surface area contributed by atoms with Crippen molar-refractivity contribution in [1.82, 2.24) is 5.06 Å². The smallest absolute Gasteiger partial charge is 0.303 e. The number of rotatable bonds is 4. The maximum absolute atomic E-state index is 10.6. The summed E-state index contributed by atoms with van der Waals surface area (Å²) in [6, 6.07) is 0. The fraction of sp³-hybridized carbons (Fsp3) is 0.750. The second-order valence-corrected chi connectivity index (χ2v) is 3.23. The van der Waals surface area contributed by atoms with E-state index >= 15 is 0 Å². The van der Waals surface area contributed by atoms with Gasteiger partial charge in [-0.2, -0.15) is 0 Å². The van der Waals surface area contributed by atoms with Crippen LogP contribution >= 0.6 is 7.82 Å². The molecule has 0 aliphatic rings. The maximum Gasteiger partial charge on any atom is 0.469 e. The van der Waals surface area contributed by atoms with Crippen molar-refractivity contribution in [1.29, 1.82) is 0 Å². The van der Waals surface area contributed by atoms with E-state index in [2.05, 4.69) is 4.52 Å². The molecule has 0 fully saturated rings. The Hall–Kier alpha value is -0.460. The quantitative estimate of drug-likeness (QED) is 0.315. The van der Waals surface area contributed by atoms with E-state index in [4.69, 9.17) is 15.0 Å². The Morgan fingerprint density at radius 2 is 2.08 bits per heavy atom. The molecular formula is C4H10NO6P. The molecule has 0 aromatic rings. The molecule has 0 spiro atoms. The first-order valence-corrected chi connectivity index (χ1v) is 4.51. The van der Waals surface area contributed by atoms with Crippen molar-refractivity contribution in [3.63, 3.8) is 0 Å². The molecule has 1 amide bonds. The van der Waals surface area contributed by atoms with Crippen LogP contribution < -0.4 is 0 Å². The molecule has 0 radical (unpaired) electrons. The van der Waals surface area contributed by atoms with E-state index in [1.165, 1.54) is 0 Å².